The molecule has 0 fully saturated rings. The molecule has 0 saturated heterocycles. The van der Waals surface area contributed by atoms with E-state index < -0.39 is 0 Å². The highest BCUT2D eigenvalue weighted by Gasteiger charge is 2.14. The predicted molar refractivity (Wildman–Crippen MR) is 118 cm³/mol. The van der Waals surface area contributed by atoms with Crippen molar-refractivity contribution in [3.8, 4) is 0 Å². The highest BCUT2D eigenvalue weighted by atomic mass is 35.5. The molecule has 3 rings (SSSR count). The van der Waals surface area contributed by atoms with Gasteiger partial charge in [0.25, 0.3) is 0 Å². The number of rotatable bonds is 7. The van der Waals surface area contributed by atoms with Gasteiger partial charge in [-0.3, -0.25) is 10.3 Å². The largest absolute Gasteiger partial charge is 0.380 e. The van der Waals surface area contributed by atoms with Gasteiger partial charge < -0.3 is 10.6 Å². The minimum Gasteiger partial charge on any atom is -0.380 e. The van der Waals surface area contributed by atoms with Crippen molar-refractivity contribution in [1.29, 1.82) is 0 Å². The van der Waals surface area contributed by atoms with Crippen LogP contribution in [0.15, 0.2) is 42.5 Å². The highest BCUT2D eigenvalue weighted by molar-refractivity contribution is 6.33. The second kappa shape index (κ2) is 9.97. The molecule has 0 atom stereocenters. The Morgan fingerprint density at radius 3 is 2.61 bits per heavy atom. The van der Waals surface area contributed by atoms with Crippen molar-refractivity contribution in [3.05, 3.63) is 69.8 Å². The fourth-order valence-electron chi connectivity index (χ4n) is 3.56. The number of nitrogens with one attached hydrogen (secondary N) is 3. The summed E-state index contributed by atoms with van der Waals surface area (Å²) in [7, 11) is 1.63. The molecule has 1 aliphatic rings. The van der Waals surface area contributed by atoms with Gasteiger partial charge in [-0.1, -0.05) is 61.9 Å². The zero-order valence-electron chi connectivity index (χ0n) is 16.9. The standard InChI is InChI=1S/C23H30ClN3O/c1-16(2)14-22(27-28-3)19-6-4-17(5-7-19)15-26-23-20-11-13-25-12-10-18(20)8-9-21(23)24/h4-9,14,16,25-27H,10-13,15H2,1-3H3/b22-14+. The normalized spacial score (nSPS) is 14.5. The van der Waals surface area contributed by atoms with E-state index in [2.05, 4.69) is 66.4 Å². The van der Waals surface area contributed by atoms with Crippen LogP contribution in [0.2, 0.25) is 5.02 Å². The van der Waals surface area contributed by atoms with Gasteiger partial charge in [0.1, 0.15) is 0 Å². The van der Waals surface area contributed by atoms with Crippen LogP contribution in [0.4, 0.5) is 5.69 Å². The maximum atomic E-state index is 6.52. The van der Waals surface area contributed by atoms with Crippen LogP contribution in [0.25, 0.3) is 5.70 Å². The van der Waals surface area contributed by atoms with E-state index in [1.165, 1.54) is 16.7 Å². The summed E-state index contributed by atoms with van der Waals surface area (Å²) in [5.41, 5.74) is 10.1. The Bertz CT molecular complexity index is 815. The molecule has 5 heteroatoms. The second-order valence-corrected chi connectivity index (χ2v) is 7.90. The smallest absolute Gasteiger partial charge is 0.0640 e. The van der Waals surface area contributed by atoms with Crippen LogP contribution in [0.1, 0.15) is 36.1 Å². The topological polar surface area (TPSA) is 45.3 Å². The molecular weight excluding hydrogens is 370 g/mol. The number of anilines is 1. The lowest BCUT2D eigenvalue weighted by atomic mass is 10.0. The van der Waals surface area contributed by atoms with E-state index in [9.17, 15) is 0 Å². The van der Waals surface area contributed by atoms with E-state index in [1.54, 1.807) is 7.11 Å². The van der Waals surface area contributed by atoms with Crippen LogP contribution in [-0.4, -0.2) is 20.2 Å². The second-order valence-electron chi connectivity index (χ2n) is 7.49. The molecular formula is C23H30ClN3O. The predicted octanol–water partition coefficient (Wildman–Crippen LogP) is 4.79. The average molecular weight is 400 g/mol. The lowest BCUT2D eigenvalue weighted by Gasteiger charge is -2.17. The van der Waals surface area contributed by atoms with Gasteiger partial charge in [0.2, 0.25) is 0 Å². The van der Waals surface area contributed by atoms with Gasteiger partial charge in [0.05, 0.1) is 23.5 Å². The first-order valence-corrected chi connectivity index (χ1v) is 10.3. The van der Waals surface area contributed by atoms with Gasteiger partial charge in [0.15, 0.2) is 0 Å². The molecule has 2 aromatic rings. The van der Waals surface area contributed by atoms with Crippen LogP contribution in [-0.2, 0) is 24.2 Å². The van der Waals surface area contributed by atoms with Crippen molar-refractivity contribution in [2.24, 2.45) is 5.92 Å². The molecule has 0 spiro atoms. The fourth-order valence-corrected chi connectivity index (χ4v) is 3.80. The molecule has 28 heavy (non-hydrogen) atoms. The molecule has 0 aliphatic carbocycles. The Balaban J connectivity index is 1.74. The molecule has 0 aromatic heterocycles. The first-order chi connectivity index (χ1) is 13.6. The summed E-state index contributed by atoms with van der Waals surface area (Å²) < 4.78 is 0. The van der Waals surface area contributed by atoms with Crippen molar-refractivity contribution in [1.82, 2.24) is 10.8 Å². The van der Waals surface area contributed by atoms with Gasteiger partial charge in [0, 0.05) is 6.54 Å². The van der Waals surface area contributed by atoms with E-state index in [0.717, 1.165) is 54.4 Å². The first-order valence-electron chi connectivity index (χ1n) is 9.93. The number of fused-ring (bicyclic) bond motifs is 1. The van der Waals surface area contributed by atoms with Crippen LogP contribution in [0.3, 0.4) is 0 Å². The zero-order chi connectivity index (χ0) is 19.9. The summed E-state index contributed by atoms with van der Waals surface area (Å²) in [4.78, 5) is 5.12. The van der Waals surface area contributed by atoms with Crippen molar-refractivity contribution in [2.75, 3.05) is 25.5 Å². The Morgan fingerprint density at radius 1 is 1.14 bits per heavy atom. The minimum absolute atomic E-state index is 0.434. The zero-order valence-corrected chi connectivity index (χ0v) is 17.7. The van der Waals surface area contributed by atoms with E-state index >= 15 is 0 Å². The SMILES string of the molecule is CON/C(=C/C(C)C)c1ccc(CNc2c(Cl)ccc3c2CCNCC3)cc1. The molecule has 0 saturated carbocycles. The number of hydrogen-bond donors (Lipinski definition) is 3. The highest BCUT2D eigenvalue weighted by Crippen LogP contribution is 2.31. The average Bonchev–Trinajstić information content (AvgIpc) is 2.93. The molecule has 0 unspecified atom stereocenters. The van der Waals surface area contributed by atoms with Crippen molar-refractivity contribution in [3.63, 3.8) is 0 Å². The summed E-state index contributed by atoms with van der Waals surface area (Å²) in [5.74, 6) is 0.434. The molecule has 150 valence electrons. The molecule has 1 aliphatic heterocycles. The Labute approximate surface area is 173 Å². The summed E-state index contributed by atoms with van der Waals surface area (Å²) in [6.45, 7) is 7.06. The Morgan fingerprint density at radius 2 is 1.89 bits per heavy atom. The van der Waals surface area contributed by atoms with Gasteiger partial charge in [-0.15, -0.1) is 0 Å². The summed E-state index contributed by atoms with van der Waals surface area (Å²) in [5, 5.41) is 7.83. The molecule has 4 nitrogen and oxygen atoms in total. The van der Waals surface area contributed by atoms with Crippen molar-refractivity contribution >= 4 is 23.0 Å². The first kappa shape index (κ1) is 20.7. The summed E-state index contributed by atoms with van der Waals surface area (Å²) in [6.07, 6.45) is 4.21. The minimum atomic E-state index is 0.434. The van der Waals surface area contributed by atoms with Gasteiger partial charge in [-0.05, 0) is 60.2 Å². The van der Waals surface area contributed by atoms with Crippen molar-refractivity contribution < 1.29 is 4.84 Å². The maximum Gasteiger partial charge on any atom is 0.0640 e. The van der Waals surface area contributed by atoms with Gasteiger partial charge >= 0.3 is 0 Å². The van der Waals surface area contributed by atoms with E-state index in [1.807, 2.05) is 6.07 Å². The summed E-state index contributed by atoms with van der Waals surface area (Å²) in [6, 6.07) is 12.7. The molecule has 3 N–H and O–H groups in total. The lowest BCUT2D eigenvalue weighted by Crippen LogP contribution is -2.16. The molecule has 1 heterocycles. The number of halogens is 1. The molecule has 0 bridgehead atoms. The number of allylic oxidation sites excluding steroid dienone is 1. The lowest BCUT2D eigenvalue weighted by molar-refractivity contribution is 0.136. The fraction of sp³-hybridized carbons (Fsp3) is 0.391. The monoisotopic (exact) mass is 399 g/mol. The molecule has 0 radical (unpaired) electrons. The Kier molecular flexibility index (Phi) is 7.37. The van der Waals surface area contributed by atoms with Gasteiger partial charge in [-0.25, -0.2) is 0 Å². The van der Waals surface area contributed by atoms with Crippen molar-refractivity contribution in [2.45, 2.75) is 33.2 Å². The Hall–Kier alpha value is -2.01. The number of hydrogen-bond acceptors (Lipinski definition) is 4. The van der Waals surface area contributed by atoms with Crippen LogP contribution in [0.5, 0.6) is 0 Å². The van der Waals surface area contributed by atoms with Crippen LogP contribution >= 0.6 is 11.6 Å². The third kappa shape index (κ3) is 5.28. The van der Waals surface area contributed by atoms with E-state index in [4.69, 9.17) is 16.4 Å². The quantitative estimate of drug-likeness (QED) is 0.586. The number of hydroxylamine groups is 1. The third-order valence-corrected chi connectivity index (χ3v) is 5.24. The summed E-state index contributed by atoms with van der Waals surface area (Å²) >= 11 is 6.52. The third-order valence-electron chi connectivity index (χ3n) is 4.93. The van der Waals surface area contributed by atoms with E-state index in [-0.39, 0.29) is 0 Å². The number of benzene rings is 2. The maximum absolute atomic E-state index is 6.52. The van der Waals surface area contributed by atoms with E-state index in [0.29, 0.717) is 5.92 Å². The van der Waals surface area contributed by atoms with Crippen LogP contribution in [0, 0.1) is 5.92 Å². The van der Waals surface area contributed by atoms with Crippen LogP contribution < -0.4 is 16.1 Å². The van der Waals surface area contributed by atoms with Gasteiger partial charge in [-0.2, -0.15) is 0 Å². The molecule has 0 amide bonds. The molecule has 2 aromatic carbocycles.